The van der Waals surface area contributed by atoms with Crippen LogP contribution in [0.1, 0.15) is 36.8 Å². The SMILES string of the molecule is Cc1c(O[C@H]2CCC[C@@H](NCc3ccncc3)C2)ccc2[nH]ncc12. The van der Waals surface area contributed by atoms with Crippen LogP contribution in [0.5, 0.6) is 5.75 Å². The highest BCUT2D eigenvalue weighted by Crippen LogP contribution is 2.30. The van der Waals surface area contributed by atoms with Gasteiger partial charge in [-0.05, 0) is 62.4 Å². The first kappa shape index (κ1) is 16.1. The number of nitrogens with zero attached hydrogens (tertiary/aromatic N) is 2. The molecule has 0 saturated heterocycles. The van der Waals surface area contributed by atoms with Crippen LogP contribution in [0.25, 0.3) is 10.9 Å². The second-order valence-corrected chi connectivity index (χ2v) is 6.86. The standard InChI is InChI=1S/C20H24N4O/c1-14-18-13-23-24-19(18)5-6-20(14)25-17-4-2-3-16(11-17)22-12-15-7-9-21-10-8-15/h5-10,13,16-17,22H,2-4,11-12H2,1H3,(H,23,24)/t16-,17+/m1/s1. The summed E-state index contributed by atoms with van der Waals surface area (Å²) >= 11 is 0. The minimum absolute atomic E-state index is 0.270. The molecular formula is C20H24N4O. The Hall–Kier alpha value is -2.40. The summed E-state index contributed by atoms with van der Waals surface area (Å²) in [6.45, 7) is 3.00. The number of H-pyrrole nitrogens is 1. The Morgan fingerprint density at radius 1 is 1.20 bits per heavy atom. The number of aromatic amines is 1. The highest BCUT2D eigenvalue weighted by atomic mass is 16.5. The van der Waals surface area contributed by atoms with E-state index < -0.39 is 0 Å². The van der Waals surface area contributed by atoms with Crippen molar-refractivity contribution in [2.75, 3.05) is 0 Å². The Balaban J connectivity index is 1.38. The first-order chi connectivity index (χ1) is 12.3. The van der Waals surface area contributed by atoms with Crippen LogP contribution in [0, 0.1) is 6.92 Å². The lowest BCUT2D eigenvalue weighted by molar-refractivity contribution is 0.133. The largest absolute Gasteiger partial charge is 0.490 e. The van der Waals surface area contributed by atoms with Gasteiger partial charge in [0.15, 0.2) is 0 Å². The Morgan fingerprint density at radius 2 is 2.08 bits per heavy atom. The Labute approximate surface area is 147 Å². The smallest absolute Gasteiger partial charge is 0.123 e. The minimum Gasteiger partial charge on any atom is -0.490 e. The molecule has 130 valence electrons. The molecule has 25 heavy (non-hydrogen) atoms. The fourth-order valence-electron chi connectivity index (χ4n) is 3.65. The van der Waals surface area contributed by atoms with E-state index in [0.717, 1.165) is 41.6 Å². The fraction of sp³-hybridized carbons (Fsp3) is 0.400. The van der Waals surface area contributed by atoms with Crippen molar-refractivity contribution in [1.82, 2.24) is 20.5 Å². The Bertz CT molecular complexity index is 830. The van der Waals surface area contributed by atoms with Crippen molar-refractivity contribution < 1.29 is 4.74 Å². The van der Waals surface area contributed by atoms with Gasteiger partial charge in [-0.25, -0.2) is 0 Å². The van der Waals surface area contributed by atoms with Crippen LogP contribution in [-0.2, 0) is 6.54 Å². The summed E-state index contributed by atoms with van der Waals surface area (Å²) in [4.78, 5) is 4.07. The van der Waals surface area contributed by atoms with Crippen LogP contribution in [0.15, 0.2) is 42.9 Å². The number of ether oxygens (including phenoxy) is 1. The lowest BCUT2D eigenvalue weighted by Gasteiger charge is -2.30. The van der Waals surface area contributed by atoms with Gasteiger partial charge in [-0.3, -0.25) is 10.1 Å². The van der Waals surface area contributed by atoms with E-state index in [1.165, 1.54) is 18.4 Å². The molecule has 1 aromatic carbocycles. The van der Waals surface area contributed by atoms with Crippen molar-refractivity contribution in [3.05, 3.63) is 54.0 Å². The molecule has 3 aromatic rings. The molecule has 2 atom stereocenters. The molecule has 2 heterocycles. The third kappa shape index (κ3) is 3.66. The molecule has 0 aliphatic heterocycles. The van der Waals surface area contributed by atoms with Crippen LogP contribution in [0.4, 0.5) is 0 Å². The van der Waals surface area contributed by atoms with Gasteiger partial charge in [-0.1, -0.05) is 0 Å². The van der Waals surface area contributed by atoms with E-state index in [4.69, 9.17) is 4.74 Å². The normalized spacial score (nSPS) is 20.7. The number of aromatic nitrogens is 3. The fourth-order valence-corrected chi connectivity index (χ4v) is 3.65. The maximum atomic E-state index is 6.35. The van der Waals surface area contributed by atoms with Crippen LogP contribution in [0.3, 0.4) is 0 Å². The van der Waals surface area contributed by atoms with Gasteiger partial charge in [0.2, 0.25) is 0 Å². The highest BCUT2D eigenvalue weighted by Gasteiger charge is 2.23. The van der Waals surface area contributed by atoms with Crippen LogP contribution < -0.4 is 10.1 Å². The van der Waals surface area contributed by atoms with Crippen molar-refractivity contribution in [2.45, 2.75) is 51.3 Å². The molecule has 1 saturated carbocycles. The zero-order valence-corrected chi connectivity index (χ0v) is 14.5. The Morgan fingerprint density at radius 3 is 2.96 bits per heavy atom. The van der Waals surface area contributed by atoms with Crippen LogP contribution in [0.2, 0.25) is 0 Å². The molecule has 4 rings (SSSR count). The number of rotatable bonds is 5. The molecule has 0 unspecified atom stereocenters. The zero-order valence-electron chi connectivity index (χ0n) is 14.5. The molecule has 2 N–H and O–H groups in total. The lowest BCUT2D eigenvalue weighted by atomic mass is 9.92. The summed E-state index contributed by atoms with van der Waals surface area (Å²) in [5.74, 6) is 0.980. The van der Waals surface area contributed by atoms with Gasteiger partial charge in [0.25, 0.3) is 0 Å². The monoisotopic (exact) mass is 336 g/mol. The first-order valence-electron chi connectivity index (χ1n) is 9.01. The van der Waals surface area contributed by atoms with Crippen molar-refractivity contribution in [2.24, 2.45) is 0 Å². The van der Waals surface area contributed by atoms with Gasteiger partial charge in [-0.2, -0.15) is 5.10 Å². The van der Waals surface area contributed by atoms with E-state index in [-0.39, 0.29) is 6.10 Å². The van der Waals surface area contributed by atoms with Gasteiger partial charge >= 0.3 is 0 Å². The molecule has 0 amide bonds. The summed E-state index contributed by atoms with van der Waals surface area (Å²) in [7, 11) is 0. The summed E-state index contributed by atoms with van der Waals surface area (Å²) in [6.07, 6.45) is 10.4. The lowest BCUT2D eigenvalue weighted by Crippen LogP contribution is -2.37. The van der Waals surface area contributed by atoms with Crippen LogP contribution >= 0.6 is 0 Å². The van der Waals surface area contributed by atoms with Crippen molar-refractivity contribution >= 4 is 10.9 Å². The highest BCUT2D eigenvalue weighted by molar-refractivity contribution is 5.83. The quantitative estimate of drug-likeness (QED) is 0.745. The van der Waals surface area contributed by atoms with Gasteiger partial charge in [0.1, 0.15) is 11.9 Å². The third-order valence-electron chi connectivity index (χ3n) is 5.11. The summed E-state index contributed by atoms with van der Waals surface area (Å²) in [5.41, 5.74) is 3.50. The van der Waals surface area contributed by atoms with Crippen molar-refractivity contribution in [3.8, 4) is 5.75 Å². The summed E-state index contributed by atoms with van der Waals surface area (Å²) < 4.78 is 6.35. The first-order valence-corrected chi connectivity index (χ1v) is 9.01. The second kappa shape index (κ2) is 7.23. The number of hydrogen-bond donors (Lipinski definition) is 2. The molecule has 0 radical (unpaired) electrons. The molecule has 2 aromatic heterocycles. The molecule has 0 spiro atoms. The molecule has 1 aliphatic carbocycles. The minimum atomic E-state index is 0.270. The van der Waals surface area contributed by atoms with Gasteiger partial charge in [-0.15, -0.1) is 0 Å². The van der Waals surface area contributed by atoms with Crippen molar-refractivity contribution in [1.29, 1.82) is 0 Å². The molecule has 1 aliphatic rings. The molecule has 5 nitrogen and oxygen atoms in total. The molecule has 5 heteroatoms. The van der Waals surface area contributed by atoms with Gasteiger partial charge < -0.3 is 10.1 Å². The topological polar surface area (TPSA) is 62.8 Å². The molecule has 0 bridgehead atoms. The average molecular weight is 336 g/mol. The van der Waals surface area contributed by atoms with Gasteiger partial charge in [0, 0.05) is 35.9 Å². The number of benzene rings is 1. The van der Waals surface area contributed by atoms with Crippen LogP contribution in [-0.4, -0.2) is 27.3 Å². The number of aryl methyl sites for hydroxylation is 1. The maximum Gasteiger partial charge on any atom is 0.123 e. The van der Waals surface area contributed by atoms with Gasteiger partial charge in [0.05, 0.1) is 11.7 Å². The number of pyridine rings is 1. The second-order valence-electron chi connectivity index (χ2n) is 6.86. The van der Waals surface area contributed by atoms with E-state index in [2.05, 4.69) is 45.6 Å². The number of nitrogens with one attached hydrogen (secondary N) is 2. The van der Waals surface area contributed by atoms with E-state index >= 15 is 0 Å². The number of hydrogen-bond acceptors (Lipinski definition) is 4. The summed E-state index contributed by atoms with van der Waals surface area (Å²) in [5, 5.41) is 11.9. The summed E-state index contributed by atoms with van der Waals surface area (Å²) in [6, 6.07) is 8.74. The number of fused-ring (bicyclic) bond motifs is 1. The van der Waals surface area contributed by atoms with E-state index in [1.807, 2.05) is 24.7 Å². The maximum absolute atomic E-state index is 6.35. The molecule has 1 fully saturated rings. The van der Waals surface area contributed by atoms with E-state index in [1.54, 1.807) is 0 Å². The molecular weight excluding hydrogens is 312 g/mol. The average Bonchev–Trinajstić information content (AvgIpc) is 3.13. The van der Waals surface area contributed by atoms with E-state index in [9.17, 15) is 0 Å². The Kier molecular flexibility index (Phi) is 4.65. The predicted molar refractivity (Wildman–Crippen MR) is 98.6 cm³/mol. The van der Waals surface area contributed by atoms with E-state index in [0.29, 0.717) is 6.04 Å². The van der Waals surface area contributed by atoms with Crippen molar-refractivity contribution in [3.63, 3.8) is 0 Å². The third-order valence-corrected chi connectivity index (χ3v) is 5.11. The zero-order chi connectivity index (χ0) is 17.1. The predicted octanol–water partition coefficient (Wildman–Crippen LogP) is 3.75.